The number of benzene rings is 4. The van der Waals surface area contributed by atoms with Gasteiger partial charge in [-0.25, -0.2) is 0 Å². The summed E-state index contributed by atoms with van der Waals surface area (Å²) in [5, 5.41) is 5.56. The molecule has 4 heteroatoms. The maximum atomic E-state index is 4.93. The van der Waals surface area contributed by atoms with Crippen molar-refractivity contribution in [1.29, 1.82) is 0 Å². The van der Waals surface area contributed by atoms with E-state index in [1.807, 2.05) is 6.07 Å². The molecule has 5 aromatic rings. The fourth-order valence-electron chi connectivity index (χ4n) is 5.10. The molecule has 0 atom stereocenters. The number of hydrogen-bond acceptors (Lipinski definition) is 0. The zero-order valence-electron chi connectivity index (χ0n) is 22.2. The van der Waals surface area contributed by atoms with E-state index in [-0.39, 0.29) is 0 Å². The van der Waals surface area contributed by atoms with Crippen LogP contribution >= 0.6 is 17.0 Å². The van der Waals surface area contributed by atoms with Crippen molar-refractivity contribution in [2.24, 2.45) is 0 Å². The van der Waals surface area contributed by atoms with E-state index in [4.69, 9.17) is 17.0 Å². The molecule has 1 aliphatic heterocycles. The average Bonchev–Trinajstić information content (AvgIpc) is 3.46. The third-order valence-electron chi connectivity index (χ3n) is 7.33. The Morgan fingerprint density at radius 2 is 1.43 bits per heavy atom. The minimum Gasteiger partial charge on any atom is -0.184 e. The molecule has 0 saturated heterocycles. The van der Waals surface area contributed by atoms with Crippen LogP contribution in [0.3, 0.4) is 0 Å². The Morgan fingerprint density at radius 1 is 0.730 bits per heavy atom. The molecule has 1 aliphatic rings. The topological polar surface area (TPSA) is 0 Å². The van der Waals surface area contributed by atoms with Gasteiger partial charge in [-0.2, -0.15) is 35.5 Å². The summed E-state index contributed by atoms with van der Waals surface area (Å²) in [5.41, 5.74) is 13.9. The van der Waals surface area contributed by atoms with E-state index in [0.717, 1.165) is 9.52 Å². The molecule has 0 N–H and O–H groups in total. The van der Waals surface area contributed by atoms with Crippen LogP contribution in [0.5, 0.6) is 0 Å². The van der Waals surface area contributed by atoms with Crippen LogP contribution in [0.15, 0.2) is 72.8 Å². The fourth-order valence-corrected chi connectivity index (χ4v) is 6.41. The van der Waals surface area contributed by atoms with Gasteiger partial charge < -0.3 is 0 Å². The Balaban J connectivity index is 0.000000170. The van der Waals surface area contributed by atoms with Crippen molar-refractivity contribution in [3.63, 3.8) is 0 Å². The number of hydrogen-bond donors (Lipinski definition) is 0. The second-order valence-electron chi connectivity index (χ2n) is 9.61. The summed E-state index contributed by atoms with van der Waals surface area (Å²) in [7, 11) is 10.7. The van der Waals surface area contributed by atoms with Gasteiger partial charge in [0.15, 0.2) is 0 Å². The van der Waals surface area contributed by atoms with Gasteiger partial charge in [-0.3, -0.25) is 0 Å². The average molecular weight is 617 g/mol. The Bertz CT molecular complexity index is 1520. The molecule has 0 spiro atoms. The third kappa shape index (κ3) is 5.94. The molecule has 0 fully saturated rings. The van der Waals surface area contributed by atoms with Crippen LogP contribution in [0, 0.1) is 47.6 Å². The van der Waals surface area contributed by atoms with Crippen LogP contribution in [0.1, 0.15) is 33.4 Å². The third-order valence-corrected chi connectivity index (χ3v) is 8.70. The Labute approximate surface area is 242 Å². The first kappa shape index (κ1) is 28.2. The van der Waals surface area contributed by atoms with Crippen molar-refractivity contribution in [2.45, 2.75) is 41.5 Å². The van der Waals surface area contributed by atoms with Gasteiger partial charge >= 0.3 is 37.9 Å². The van der Waals surface area contributed by atoms with E-state index in [2.05, 4.69) is 114 Å². The van der Waals surface area contributed by atoms with E-state index < -0.39 is 20.8 Å². The van der Waals surface area contributed by atoms with Crippen LogP contribution < -0.4 is 10.4 Å². The minimum atomic E-state index is -0.826. The van der Waals surface area contributed by atoms with Gasteiger partial charge in [0.25, 0.3) is 0 Å². The SMILES string of the molecule is Cc1cc2c(-c3cc(C)c(C)c(C)c3C)c(C)ccc2[cH-]1.[Cl][Zr+2][Cl].[c-]1cccc2c1[Si]c1ccccc1-2. The standard InChI is InChI=1S/C21H23.C12H7Si.2ClH.Zr/c1-12-9-18-8-7-13(2)21(20(18)10-12)19-11-14(3)15(4)16(5)17(19)6;1-3-7-11-9(5-1)10-6-2-4-8-12(10)13-11;;;/h7-11H,1-6H3;1-7H;2*1H;/q2*-1;;;+4/p-2. The van der Waals surface area contributed by atoms with Crippen molar-refractivity contribution in [3.05, 3.63) is 112 Å². The predicted molar refractivity (Wildman–Crippen MR) is 161 cm³/mol. The monoisotopic (exact) mass is 614 g/mol. The van der Waals surface area contributed by atoms with E-state index >= 15 is 0 Å². The summed E-state index contributed by atoms with van der Waals surface area (Å²) in [6, 6.07) is 29.6. The van der Waals surface area contributed by atoms with Gasteiger partial charge in [-0.05, 0) is 62.4 Å². The van der Waals surface area contributed by atoms with Crippen LogP contribution in [-0.2, 0) is 20.8 Å². The van der Waals surface area contributed by atoms with Gasteiger partial charge in [-0.1, -0.05) is 59.1 Å². The maximum absolute atomic E-state index is 4.93. The summed E-state index contributed by atoms with van der Waals surface area (Å²) < 4.78 is 0. The molecule has 37 heavy (non-hydrogen) atoms. The maximum Gasteiger partial charge on any atom is 0.0920 e. The number of halogens is 2. The van der Waals surface area contributed by atoms with Gasteiger partial charge in [0.05, 0.1) is 9.52 Å². The van der Waals surface area contributed by atoms with Crippen LogP contribution in [0.25, 0.3) is 33.0 Å². The van der Waals surface area contributed by atoms with Crippen molar-refractivity contribution >= 4 is 47.7 Å². The molecule has 0 aromatic heterocycles. The van der Waals surface area contributed by atoms with Gasteiger partial charge in [0.2, 0.25) is 0 Å². The van der Waals surface area contributed by atoms with Crippen LogP contribution in [0.2, 0.25) is 0 Å². The molecule has 0 saturated carbocycles. The zero-order valence-corrected chi connectivity index (χ0v) is 27.2. The largest absolute Gasteiger partial charge is 0.184 e. The molecule has 0 bridgehead atoms. The molecule has 0 amide bonds. The Kier molecular flexibility index (Phi) is 9.41. The number of aryl methyl sites for hydroxylation is 3. The number of fused-ring (bicyclic) bond motifs is 4. The van der Waals surface area contributed by atoms with Crippen molar-refractivity contribution in [3.8, 4) is 22.3 Å². The predicted octanol–water partition coefficient (Wildman–Crippen LogP) is 8.57. The molecule has 0 unspecified atom stereocenters. The zero-order chi connectivity index (χ0) is 26.7. The van der Waals surface area contributed by atoms with Crippen LogP contribution in [0.4, 0.5) is 0 Å². The van der Waals surface area contributed by atoms with E-state index in [0.29, 0.717) is 0 Å². The molecule has 184 valence electrons. The summed E-state index contributed by atoms with van der Waals surface area (Å²) in [6.45, 7) is 13.3. The van der Waals surface area contributed by atoms with Gasteiger partial charge in [-0.15, -0.1) is 40.1 Å². The quantitative estimate of drug-likeness (QED) is 0.128. The first-order valence-electron chi connectivity index (χ1n) is 12.3. The number of rotatable bonds is 1. The molecule has 5 aromatic carbocycles. The summed E-state index contributed by atoms with van der Waals surface area (Å²) in [6.07, 6.45) is 0. The Hall–Kier alpha value is -1.83. The fraction of sp³-hybridized carbons (Fsp3) is 0.182. The molecular formula is C33H30Cl2SiZr. The second-order valence-corrected chi connectivity index (χ2v) is 14.6. The van der Waals surface area contributed by atoms with Crippen molar-refractivity contribution < 1.29 is 20.8 Å². The Morgan fingerprint density at radius 3 is 2.19 bits per heavy atom. The van der Waals surface area contributed by atoms with E-state index in [1.165, 1.54) is 76.8 Å². The van der Waals surface area contributed by atoms with Gasteiger partial charge in [0, 0.05) is 0 Å². The summed E-state index contributed by atoms with van der Waals surface area (Å²) in [5.74, 6) is 0. The summed E-state index contributed by atoms with van der Waals surface area (Å²) >= 11 is -0.826. The summed E-state index contributed by atoms with van der Waals surface area (Å²) in [4.78, 5) is 0. The molecule has 0 nitrogen and oxygen atoms in total. The van der Waals surface area contributed by atoms with Gasteiger partial charge in [0.1, 0.15) is 0 Å². The van der Waals surface area contributed by atoms with E-state index in [9.17, 15) is 0 Å². The first-order valence-corrected chi connectivity index (χ1v) is 19.7. The minimum absolute atomic E-state index is 0.795. The molecule has 1 heterocycles. The molecule has 6 rings (SSSR count). The van der Waals surface area contributed by atoms with Crippen molar-refractivity contribution in [2.75, 3.05) is 0 Å². The molecular weight excluding hydrogens is 587 g/mol. The second kappa shape index (κ2) is 12.4. The smallest absolute Gasteiger partial charge is 0.0920 e. The van der Waals surface area contributed by atoms with Crippen LogP contribution in [-0.4, -0.2) is 9.52 Å². The normalized spacial score (nSPS) is 11.0. The molecule has 2 radical (unpaired) electrons. The van der Waals surface area contributed by atoms with E-state index in [1.54, 1.807) is 0 Å². The first-order chi connectivity index (χ1) is 17.8. The van der Waals surface area contributed by atoms with Crippen molar-refractivity contribution in [1.82, 2.24) is 0 Å². The molecule has 0 aliphatic carbocycles.